The number of hydrogen-bond donors (Lipinski definition) is 1. The number of aromatic nitrogens is 2. The number of anilines is 2. The first-order chi connectivity index (χ1) is 8.69. The lowest BCUT2D eigenvalue weighted by Crippen LogP contribution is -2.34. The van der Waals surface area contributed by atoms with Gasteiger partial charge in [-0.3, -0.25) is 4.79 Å². The SMILES string of the molecule is CCC(=O)Nc1ccc(N2CCCC(C)C2)nn1. The molecule has 1 aliphatic heterocycles. The minimum Gasteiger partial charge on any atom is -0.355 e. The van der Waals surface area contributed by atoms with Crippen molar-refractivity contribution >= 4 is 17.5 Å². The van der Waals surface area contributed by atoms with Gasteiger partial charge in [-0.25, -0.2) is 0 Å². The van der Waals surface area contributed by atoms with Crippen molar-refractivity contribution in [3.05, 3.63) is 12.1 Å². The first-order valence-corrected chi connectivity index (χ1v) is 6.57. The maximum absolute atomic E-state index is 11.2. The maximum Gasteiger partial charge on any atom is 0.225 e. The van der Waals surface area contributed by atoms with Crippen LogP contribution in [0.25, 0.3) is 0 Å². The number of amides is 1. The van der Waals surface area contributed by atoms with E-state index in [4.69, 9.17) is 0 Å². The Bertz CT molecular complexity index is 404. The van der Waals surface area contributed by atoms with Crippen molar-refractivity contribution in [2.24, 2.45) is 5.92 Å². The van der Waals surface area contributed by atoms with Crippen LogP contribution >= 0.6 is 0 Å². The molecule has 1 saturated heterocycles. The molecule has 1 fully saturated rings. The molecule has 1 aromatic heterocycles. The smallest absolute Gasteiger partial charge is 0.225 e. The molecule has 2 rings (SSSR count). The van der Waals surface area contributed by atoms with E-state index in [1.165, 1.54) is 12.8 Å². The van der Waals surface area contributed by atoms with Crippen molar-refractivity contribution in [3.8, 4) is 0 Å². The van der Waals surface area contributed by atoms with Crippen LogP contribution in [0.3, 0.4) is 0 Å². The Hall–Kier alpha value is -1.65. The summed E-state index contributed by atoms with van der Waals surface area (Å²) in [7, 11) is 0. The summed E-state index contributed by atoms with van der Waals surface area (Å²) in [5, 5.41) is 10.9. The quantitative estimate of drug-likeness (QED) is 0.889. The van der Waals surface area contributed by atoms with Crippen LogP contribution < -0.4 is 10.2 Å². The second-order valence-electron chi connectivity index (χ2n) is 4.87. The van der Waals surface area contributed by atoms with Gasteiger partial charge in [0.1, 0.15) is 0 Å². The van der Waals surface area contributed by atoms with E-state index in [-0.39, 0.29) is 5.91 Å². The molecule has 2 heterocycles. The summed E-state index contributed by atoms with van der Waals surface area (Å²) in [6, 6.07) is 3.74. The van der Waals surface area contributed by atoms with Gasteiger partial charge in [0.05, 0.1) is 0 Å². The number of carbonyl (C=O) groups excluding carboxylic acids is 1. The molecule has 0 aromatic carbocycles. The van der Waals surface area contributed by atoms with E-state index in [1.54, 1.807) is 0 Å². The summed E-state index contributed by atoms with van der Waals surface area (Å²) >= 11 is 0. The average molecular weight is 248 g/mol. The van der Waals surface area contributed by atoms with E-state index in [1.807, 2.05) is 19.1 Å². The summed E-state index contributed by atoms with van der Waals surface area (Å²) in [4.78, 5) is 13.5. The molecule has 0 spiro atoms. The molecular formula is C13H20N4O. The lowest BCUT2D eigenvalue weighted by Gasteiger charge is -2.31. The molecule has 1 aromatic rings. The highest BCUT2D eigenvalue weighted by Gasteiger charge is 2.17. The van der Waals surface area contributed by atoms with Crippen LogP contribution in [0.15, 0.2) is 12.1 Å². The summed E-state index contributed by atoms with van der Waals surface area (Å²) < 4.78 is 0. The molecule has 5 nitrogen and oxygen atoms in total. The fourth-order valence-electron chi connectivity index (χ4n) is 2.19. The van der Waals surface area contributed by atoms with Gasteiger partial charge in [-0.1, -0.05) is 13.8 Å². The van der Waals surface area contributed by atoms with Crippen LogP contribution in [0.5, 0.6) is 0 Å². The molecule has 0 bridgehead atoms. The first-order valence-electron chi connectivity index (χ1n) is 6.57. The van der Waals surface area contributed by atoms with Crippen LogP contribution in [-0.4, -0.2) is 29.2 Å². The van der Waals surface area contributed by atoms with Crippen LogP contribution in [-0.2, 0) is 4.79 Å². The van der Waals surface area contributed by atoms with Crippen molar-refractivity contribution in [2.75, 3.05) is 23.3 Å². The Morgan fingerprint density at radius 3 is 2.94 bits per heavy atom. The Balaban J connectivity index is 2.00. The topological polar surface area (TPSA) is 58.1 Å². The van der Waals surface area contributed by atoms with Crippen LogP contribution in [0, 0.1) is 5.92 Å². The van der Waals surface area contributed by atoms with Crippen LogP contribution in [0.4, 0.5) is 11.6 Å². The Kier molecular flexibility index (Phi) is 4.12. The molecule has 1 amide bonds. The summed E-state index contributed by atoms with van der Waals surface area (Å²) in [5.41, 5.74) is 0. The minimum absolute atomic E-state index is 0.0383. The predicted octanol–water partition coefficient (Wildman–Crippen LogP) is 2.06. The highest BCUT2D eigenvalue weighted by molar-refractivity contribution is 5.89. The third-order valence-corrected chi connectivity index (χ3v) is 3.22. The van der Waals surface area contributed by atoms with E-state index < -0.39 is 0 Å². The molecule has 1 N–H and O–H groups in total. The molecule has 18 heavy (non-hydrogen) atoms. The molecule has 5 heteroatoms. The first kappa shape index (κ1) is 12.8. The van der Waals surface area contributed by atoms with Crippen molar-refractivity contribution in [2.45, 2.75) is 33.1 Å². The zero-order chi connectivity index (χ0) is 13.0. The standard InChI is InChI=1S/C13H20N4O/c1-3-13(18)14-11-6-7-12(16-15-11)17-8-4-5-10(2)9-17/h6-7,10H,3-5,8-9H2,1-2H3,(H,14,15,18). The lowest BCUT2D eigenvalue weighted by atomic mass is 10.0. The van der Waals surface area contributed by atoms with Gasteiger partial charge in [0.25, 0.3) is 0 Å². The molecule has 0 aliphatic carbocycles. The molecular weight excluding hydrogens is 228 g/mol. The number of nitrogens with one attached hydrogen (secondary N) is 1. The van der Waals surface area contributed by atoms with Crippen molar-refractivity contribution in [3.63, 3.8) is 0 Å². The van der Waals surface area contributed by atoms with Crippen molar-refractivity contribution in [1.29, 1.82) is 0 Å². The highest BCUT2D eigenvalue weighted by atomic mass is 16.1. The minimum atomic E-state index is -0.0383. The third-order valence-electron chi connectivity index (χ3n) is 3.22. The Labute approximate surface area is 108 Å². The van der Waals surface area contributed by atoms with E-state index in [0.717, 1.165) is 18.9 Å². The largest absolute Gasteiger partial charge is 0.355 e. The third kappa shape index (κ3) is 3.18. The second-order valence-corrected chi connectivity index (χ2v) is 4.87. The molecule has 1 aliphatic rings. The summed E-state index contributed by atoms with van der Waals surface area (Å²) in [6.07, 6.45) is 2.94. The van der Waals surface area contributed by atoms with Gasteiger partial charge in [0, 0.05) is 19.5 Å². The number of carbonyl (C=O) groups is 1. The van der Waals surface area contributed by atoms with Crippen LogP contribution in [0.1, 0.15) is 33.1 Å². The molecule has 98 valence electrons. The van der Waals surface area contributed by atoms with E-state index >= 15 is 0 Å². The second kappa shape index (κ2) is 5.80. The zero-order valence-corrected chi connectivity index (χ0v) is 11.0. The predicted molar refractivity (Wildman–Crippen MR) is 71.6 cm³/mol. The zero-order valence-electron chi connectivity index (χ0n) is 11.0. The van der Waals surface area contributed by atoms with Gasteiger partial charge in [0.15, 0.2) is 11.6 Å². The molecule has 0 saturated carbocycles. The van der Waals surface area contributed by atoms with E-state index in [2.05, 4.69) is 27.3 Å². The fraction of sp³-hybridized carbons (Fsp3) is 0.615. The molecule has 1 atom stereocenters. The van der Waals surface area contributed by atoms with Gasteiger partial charge in [0.2, 0.25) is 5.91 Å². The van der Waals surface area contributed by atoms with Crippen molar-refractivity contribution < 1.29 is 4.79 Å². The summed E-state index contributed by atoms with van der Waals surface area (Å²) in [6.45, 7) is 6.15. The molecule has 0 radical (unpaired) electrons. The number of nitrogens with zero attached hydrogens (tertiary/aromatic N) is 3. The fourth-order valence-corrected chi connectivity index (χ4v) is 2.19. The van der Waals surface area contributed by atoms with E-state index in [0.29, 0.717) is 18.2 Å². The number of piperidine rings is 1. The van der Waals surface area contributed by atoms with Gasteiger partial charge in [-0.05, 0) is 30.9 Å². The Morgan fingerprint density at radius 2 is 2.33 bits per heavy atom. The number of hydrogen-bond acceptors (Lipinski definition) is 4. The van der Waals surface area contributed by atoms with Crippen molar-refractivity contribution in [1.82, 2.24) is 10.2 Å². The lowest BCUT2D eigenvalue weighted by molar-refractivity contribution is -0.115. The van der Waals surface area contributed by atoms with E-state index in [9.17, 15) is 4.79 Å². The Morgan fingerprint density at radius 1 is 1.50 bits per heavy atom. The number of rotatable bonds is 3. The molecule has 1 unspecified atom stereocenters. The van der Waals surface area contributed by atoms with Crippen LogP contribution in [0.2, 0.25) is 0 Å². The highest BCUT2D eigenvalue weighted by Crippen LogP contribution is 2.21. The van der Waals surface area contributed by atoms with Gasteiger partial charge >= 0.3 is 0 Å². The monoisotopic (exact) mass is 248 g/mol. The van der Waals surface area contributed by atoms with Gasteiger partial charge < -0.3 is 10.2 Å². The average Bonchev–Trinajstić information content (AvgIpc) is 2.39. The maximum atomic E-state index is 11.2. The summed E-state index contributed by atoms with van der Waals surface area (Å²) in [5.74, 6) is 2.09. The van der Waals surface area contributed by atoms with Gasteiger partial charge in [-0.15, -0.1) is 10.2 Å². The van der Waals surface area contributed by atoms with Gasteiger partial charge in [-0.2, -0.15) is 0 Å². The normalized spacial score (nSPS) is 19.7.